The molecule has 0 fully saturated rings. The summed E-state index contributed by atoms with van der Waals surface area (Å²) in [4.78, 5) is 11.4. The van der Waals surface area contributed by atoms with Gasteiger partial charge in [0.15, 0.2) is 0 Å². The largest absolute Gasteiger partial charge is 0.465 e. The van der Waals surface area contributed by atoms with E-state index < -0.39 is 18.2 Å². The first kappa shape index (κ1) is 14.0. The Labute approximate surface area is 107 Å². The van der Waals surface area contributed by atoms with E-state index in [1.54, 1.807) is 6.07 Å². The van der Waals surface area contributed by atoms with Gasteiger partial charge in [0.2, 0.25) is 0 Å². The predicted molar refractivity (Wildman–Crippen MR) is 67.0 cm³/mol. The number of alkyl halides is 1. The Morgan fingerprint density at radius 2 is 2.18 bits per heavy atom. The zero-order valence-corrected chi connectivity index (χ0v) is 10.8. The van der Waals surface area contributed by atoms with Crippen molar-refractivity contribution in [1.82, 2.24) is 0 Å². The van der Waals surface area contributed by atoms with Crippen LogP contribution in [0.2, 0.25) is 0 Å². The van der Waals surface area contributed by atoms with Crippen LogP contribution in [0.1, 0.15) is 22.0 Å². The van der Waals surface area contributed by atoms with Crippen LogP contribution in [0.15, 0.2) is 18.2 Å². The molecule has 0 amide bonds. The second kappa shape index (κ2) is 6.00. The number of nitrogens with two attached hydrogens (primary N) is 1. The zero-order chi connectivity index (χ0) is 13.0. The van der Waals surface area contributed by atoms with Crippen LogP contribution in [0.25, 0.3) is 0 Å². The Hall–Kier alpha value is -1.11. The van der Waals surface area contributed by atoms with Gasteiger partial charge in [-0.1, -0.05) is 22.0 Å². The van der Waals surface area contributed by atoms with Crippen LogP contribution >= 0.6 is 15.9 Å². The van der Waals surface area contributed by atoms with Crippen molar-refractivity contribution in [1.29, 1.82) is 0 Å². The SMILES string of the molecule is COC(=O)c1cc(C(O)C(O)CBr)ccc1N. The standard InChI is InChI=1S/C11H14BrNO4/c1-17-11(16)7-4-6(2-3-8(7)13)10(15)9(14)5-12/h2-4,9-10,14-15H,5,13H2,1H3. The van der Waals surface area contributed by atoms with Gasteiger partial charge in [-0.2, -0.15) is 0 Å². The molecule has 0 heterocycles. The van der Waals surface area contributed by atoms with Crippen LogP contribution in [-0.2, 0) is 4.74 Å². The second-order valence-corrected chi connectivity index (χ2v) is 4.15. The molecule has 17 heavy (non-hydrogen) atoms. The predicted octanol–water partition coefficient (Wildman–Crippen LogP) is 0.845. The lowest BCUT2D eigenvalue weighted by atomic mass is 10.0. The molecule has 0 aliphatic carbocycles. The maximum absolute atomic E-state index is 11.4. The summed E-state index contributed by atoms with van der Waals surface area (Å²) in [5.74, 6) is -0.579. The minimum atomic E-state index is -1.08. The Balaban J connectivity index is 3.08. The number of ether oxygens (including phenoxy) is 1. The van der Waals surface area contributed by atoms with E-state index in [4.69, 9.17) is 5.73 Å². The summed E-state index contributed by atoms with van der Waals surface area (Å²) < 4.78 is 4.57. The monoisotopic (exact) mass is 303 g/mol. The summed E-state index contributed by atoms with van der Waals surface area (Å²) in [7, 11) is 1.25. The average Bonchev–Trinajstić information content (AvgIpc) is 2.36. The minimum absolute atomic E-state index is 0.172. The average molecular weight is 304 g/mol. The van der Waals surface area contributed by atoms with Gasteiger partial charge in [-0.15, -0.1) is 0 Å². The Morgan fingerprint density at radius 3 is 2.71 bits per heavy atom. The lowest BCUT2D eigenvalue weighted by Crippen LogP contribution is -2.20. The first-order valence-electron chi connectivity index (χ1n) is 4.91. The fraction of sp³-hybridized carbons (Fsp3) is 0.364. The zero-order valence-electron chi connectivity index (χ0n) is 9.26. The Bertz CT molecular complexity index is 410. The van der Waals surface area contributed by atoms with Gasteiger partial charge in [-0.25, -0.2) is 4.79 Å². The van der Waals surface area contributed by atoms with E-state index in [-0.39, 0.29) is 16.6 Å². The van der Waals surface area contributed by atoms with E-state index >= 15 is 0 Å². The van der Waals surface area contributed by atoms with E-state index in [2.05, 4.69) is 20.7 Å². The molecule has 94 valence electrons. The molecule has 2 atom stereocenters. The maximum Gasteiger partial charge on any atom is 0.339 e. The molecular weight excluding hydrogens is 290 g/mol. The van der Waals surface area contributed by atoms with Crippen molar-refractivity contribution in [2.24, 2.45) is 0 Å². The number of hydrogen-bond acceptors (Lipinski definition) is 5. The molecule has 1 aromatic rings. The second-order valence-electron chi connectivity index (χ2n) is 3.50. The lowest BCUT2D eigenvalue weighted by molar-refractivity contribution is 0.0341. The highest BCUT2D eigenvalue weighted by Gasteiger charge is 2.19. The molecule has 1 rings (SSSR count). The van der Waals surface area contributed by atoms with Crippen LogP contribution < -0.4 is 5.73 Å². The van der Waals surface area contributed by atoms with Gasteiger partial charge in [-0.3, -0.25) is 0 Å². The van der Waals surface area contributed by atoms with E-state index in [1.165, 1.54) is 19.2 Å². The maximum atomic E-state index is 11.4. The summed E-state index contributed by atoms with van der Waals surface area (Å²) in [5.41, 5.74) is 6.47. The highest BCUT2D eigenvalue weighted by molar-refractivity contribution is 9.09. The smallest absolute Gasteiger partial charge is 0.339 e. The van der Waals surface area contributed by atoms with Gasteiger partial charge < -0.3 is 20.7 Å². The van der Waals surface area contributed by atoms with Crippen LogP contribution in [-0.4, -0.2) is 34.7 Å². The van der Waals surface area contributed by atoms with Crippen LogP contribution in [0, 0.1) is 0 Å². The Morgan fingerprint density at radius 1 is 1.53 bits per heavy atom. The van der Waals surface area contributed by atoms with E-state index in [0.29, 0.717) is 5.56 Å². The number of methoxy groups -OCH3 is 1. The fourth-order valence-electron chi connectivity index (χ4n) is 1.35. The number of aliphatic hydroxyl groups excluding tert-OH is 2. The highest BCUT2D eigenvalue weighted by atomic mass is 79.9. The third-order valence-electron chi connectivity index (χ3n) is 2.35. The number of hydrogen-bond donors (Lipinski definition) is 3. The third-order valence-corrected chi connectivity index (χ3v) is 3.01. The molecule has 0 aliphatic rings. The summed E-state index contributed by atoms with van der Waals surface area (Å²) >= 11 is 3.06. The molecular formula is C11H14BrNO4. The number of carbonyl (C=O) groups is 1. The minimum Gasteiger partial charge on any atom is -0.465 e. The molecule has 2 unspecified atom stereocenters. The number of anilines is 1. The van der Waals surface area contributed by atoms with E-state index in [1.807, 2.05) is 0 Å². The number of esters is 1. The van der Waals surface area contributed by atoms with Gasteiger partial charge in [0.1, 0.15) is 6.10 Å². The molecule has 4 N–H and O–H groups in total. The van der Waals surface area contributed by atoms with Crippen molar-refractivity contribution >= 4 is 27.6 Å². The number of halogens is 1. The van der Waals surface area contributed by atoms with Gasteiger partial charge in [0.25, 0.3) is 0 Å². The highest BCUT2D eigenvalue weighted by Crippen LogP contribution is 2.23. The summed E-state index contributed by atoms with van der Waals surface area (Å²) in [6.45, 7) is 0. The fourth-order valence-corrected chi connectivity index (χ4v) is 1.71. The molecule has 0 saturated carbocycles. The first-order valence-corrected chi connectivity index (χ1v) is 6.03. The molecule has 0 aliphatic heterocycles. The number of rotatable bonds is 4. The normalized spacial score (nSPS) is 14.1. The number of aliphatic hydroxyl groups is 2. The van der Waals surface area contributed by atoms with Crippen molar-refractivity contribution in [3.8, 4) is 0 Å². The van der Waals surface area contributed by atoms with Crippen molar-refractivity contribution in [3.05, 3.63) is 29.3 Å². The quantitative estimate of drug-likeness (QED) is 0.435. The van der Waals surface area contributed by atoms with Crippen LogP contribution in [0.5, 0.6) is 0 Å². The topological polar surface area (TPSA) is 92.8 Å². The molecule has 5 nitrogen and oxygen atoms in total. The molecule has 0 radical (unpaired) electrons. The van der Waals surface area contributed by atoms with Crippen molar-refractivity contribution in [3.63, 3.8) is 0 Å². The third kappa shape index (κ3) is 3.18. The summed E-state index contributed by atoms with van der Waals surface area (Å²) in [6.07, 6.45) is -2.04. The van der Waals surface area contributed by atoms with Gasteiger partial charge >= 0.3 is 5.97 Å². The number of benzene rings is 1. The lowest BCUT2D eigenvalue weighted by Gasteiger charge is -2.17. The molecule has 1 aromatic carbocycles. The molecule has 0 bridgehead atoms. The molecule has 0 aromatic heterocycles. The molecule has 0 saturated heterocycles. The summed E-state index contributed by atoms with van der Waals surface area (Å²) in [5, 5.41) is 19.5. The van der Waals surface area contributed by atoms with Crippen molar-refractivity contribution in [2.75, 3.05) is 18.2 Å². The molecule has 6 heteroatoms. The van der Waals surface area contributed by atoms with E-state index in [0.717, 1.165) is 0 Å². The van der Waals surface area contributed by atoms with Crippen molar-refractivity contribution in [2.45, 2.75) is 12.2 Å². The van der Waals surface area contributed by atoms with Gasteiger partial charge in [-0.05, 0) is 17.7 Å². The Kier molecular flexibility index (Phi) is 4.92. The van der Waals surface area contributed by atoms with Crippen LogP contribution in [0.4, 0.5) is 5.69 Å². The van der Waals surface area contributed by atoms with Gasteiger partial charge in [0, 0.05) is 11.0 Å². The van der Waals surface area contributed by atoms with Gasteiger partial charge in [0.05, 0.1) is 18.8 Å². The van der Waals surface area contributed by atoms with E-state index in [9.17, 15) is 15.0 Å². The van der Waals surface area contributed by atoms with Crippen LogP contribution in [0.3, 0.4) is 0 Å². The summed E-state index contributed by atoms with van der Waals surface area (Å²) in [6, 6.07) is 4.46. The molecule has 0 spiro atoms. The number of carbonyl (C=O) groups excluding carboxylic acids is 1. The number of nitrogen functional groups attached to an aromatic ring is 1. The van der Waals surface area contributed by atoms with Crippen molar-refractivity contribution < 1.29 is 19.7 Å². The first-order chi connectivity index (χ1) is 8.01.